The third kappa shape index (κ3) is 2.40. The largest absolute Gasteiger partial charge is 0.336 e. The van der Waals surface area contributed by atoms with Gasteiger partial charge in [-0.3, -0.25) is 0 Å². The molecule has 0 aliphatic rings. The summed E-state index contributed by atoms with van der Waals surface area (Å²) in [6.45, 7) is 0.727. The molecule has 0 saturated heterocycles. The summed E-state index contributed by atoms with van der Waals surface area (Å²) < 4.78 is 1.92. The van der Waals surface area contributed by atoms with Crippen molar-refractivity contribution in [3.63, 3.8) is 0 Å². The van der Waals surface area contributed by atoms with E-state index in [9.17, 15) is 0 Å². The zero-order valence-corrected chi connectivity index (χ0v) is 8.88. The minimum atomic E-state index is 0.692. The number of hydrogen-bond acceptors (Lipinski definition) is 1. The van der Waals surface area contributed by atoms with Gasteiger partial charge in [-0.2, -0.15) is 5.26 Å². The molecule has 0 unspecified atom stereocenters. The van der Waals surface area contributed by atoms with Crippen molar-refractivity contribution in [2.24, 2.45) is 0 Å². The minimum Gasteiger partial charge on any atom is -0.336 e. The van der Waals surface area contributed by atoms with Gasteiger partial charge in [0, 0.05) is 12.7 Å². The summed E-state index contributed by atoms with van der Waals surface area (Å²) in [6, 6.07) is 16.0. The van der Waals surface area contributed by atoms with E-state index in [0.717, 1.165) is 6.54 Å². The van der Waals surface area contributed by atoms with Crippen LogP contribution in [0.2, 0.25) is 0 Å². The average molecular weight is 208 g/mol. The molecule has 0 N–H and O–H groups in total. The second-order valence-corrected chi connectivity index (χ2v) is 3.47. The van der Waals surface area contributed by atoms with Gasteiger partial charge in [-0.1, -0.05) is 42.5 Å². The maximum atomic E-state index is 8.83. The fourth-order valence-electron chi connectivity index (χ4n) is 1.54. The Balaban J connectivity index is 2.03. The van der Waals surface area contributed by atoms with Crippen LogP contribution in [-0.2, 0) is 6.54 Å². The predicted molar refractivity (Wildman–Crippen MR) is 64.6 cm³/mol. The van der Waals surface area contributed by atoms with E-state index in [4.69, 9.17) is 5.26 Å². The molecule has 0 aliphatic carbocycles. The predicted octanol–water partition coefficient (Wildman–Crippen LogP) is 3.07. The Hall–Kier alpha value is -2.27. The first kappa shape index (κ1) is 10.3. The SMILES string of the molecule is N#Cc1cccn1C/C=C/c1ccccc1. The quantitative estimate of drug-likeness (QED) is 0.762. The van der Waals surface area contributed by atoms with E-state index >= 15 is 0 Å². The lowest BCUT2D eigenvalue weighted by Crippen LogP contribution is -1.95. The van der Waals surface area contributed by atoms with Gasteiger partial charge in [0.2, 0.25) is 0 Å². The van der Waals surface area contributed by atoms with Crippen LogP contribution in [0.15, 0.2) is 54.7 Å². The number of rotatable bonds is 3. The summed E-state index contributed by atoms with van der Waals surface area (Å²) in [6.07, 6.45) is 6.02. The molecule has 2 aromatic rings. The van der Waals surface area contributed by atoms with Gasteiger partial charge in [-0.05, 0) is 17.7 Å². The Bertz CT molecular complexity index is 515. The molecule has 2 heteroatoms. The first-order valence-corrected chi connectivity index (χ1v) is 5.17. The summed E-state index contributed by atoms with van der Waals surface area (Å²) in [5.41, 5.74) is 1.87. The van der Waals surface area contributed by atoms with E-state index in [2.05, 4.69) is 30.4 Å². The number of nitriles is 1. The van der Waals surface area contributed by atoms with Crippen molar-refractivity contribution in [3.05, 3.63) is 66.0 Å². The van der Waals surface area contributed by atoms with Crippen LogP contribution in [0.4, 0.5) is 0 Å². The smallest absolute Gasteiger partial charge is 0.120 e. The maximum Gasteiger partial charge on any atom is 0.120 e. The molecule has 1 heterocycles. The van der Waals surface area contributed by atoms with Gasteiger partial charge in [-0.25, -0.2) is 0 Å². The zero-order chi connectivity index (χ0) is 11.2. The Morgan fingerprint density at radius 3 is 2.69 bits per heavy atom. The Labute approximate surface area is 95.1 Å². The van der Waals surface area contributed by atoms with Gasteiger partial charge in [-0.15, -0.1) is 0 Å². The molecule has 16 heavy (non-hydrogen) atoms. The lowest BCUT2D eigenvalue weighted by Gasteiger charge is -1.98. The van der Waals surface area contributed by atoms with Crippen molar-refractivity contribution >= 4 is 6.08 Å². The average Bonchev–Trinajstić information content (AvgIpc) is 2.78. The van der Waals surface area contributed by atoms with Crippen LogP contribution in [-0.4, -0.2) is 4.57 Å². The number of nitrogens with zero attached hydrogens (tertiary/aromatic N) is 2. The standard InChI is InChI=1S/C14H12N2/c15-12-14-9-5-11-16(14)10-4-8-13-6-2-1-3-7-13/h1-9,11H,10H2/b8-4+. The third-order valence-corrected chi connectivity index (χ3v) is 2.36. The molecule has 2 nitrogen and oxygen atoms in total. The molecule has 1 aromatic carbocycles. The molecule has 0 fully saturated rings. The van der Waals surface area contributed by atoms with Gasteiger partial charge in [0.05, 0.1) is 0 Å². The molecule has 78 valence electrons. The molecule has 0 bridgehead atoms. The van der Waals surface area contributed by atoms with Crippen molar-refractivity contribution in [1.82, 2.24) is 4.57 Å². The molecule has 0 aliphatic heterocycles. The normalized spacial score (nSPS) is 10.4. The molecular formula is C14H12N2. The minimum absolute atomic E-state index is 0.692. The summed E-state index contributed by atoms with van der Waals surface area (Å²) in [5, 5.41) is 8.83. The number of allylic oxidation sites excluding steroid dienone is 1. The third-order valence-electron chi connectivity index (χ3n) is 2.36. The monoisotopic (exact) mass is 208 g/mol. The van der Waals surface area contributed by atoms with E-state index in [1.54, 1.807) is 0 Å². The molecule has 0 amide bonds. The highest BCUT2D eigenvalue weighted by molar-refractivity contribution is 5.48. The topological polar surface area (TPSA) is 28.7 Å². The van der Waals surface area contributed by atoms with Crippen molar-refractivity contribution in [2.75, 3.05) is 0 Å². The number of aromatic nitrogens is 1. The highest BCUT2D eigenvalue weighted by Gasteiger charge is 1.95. The Kier molecular flexibility index (Phi) is 3.20. The summed E-state index contributed by atoms with van der Waals surface area (Å²) >= 11 is 0. The van der Waals surface area contributed by atoms with E-state index in [0.29, 0.717) is 5.69 Å². The zero-order valence-electron chi connectivity index (χ0n) is 8.88. The lowest BCUT2D eigenvalue weighted by atomic mass is 10.2. The molecule has 1 aromatic heterocycles. The van der Waals surface area contributed by atoms with Crippen LogP contribution in [0.25, 0.3) is 6.08 Å². The van der Waals surface area contributed by atoms with E-state index in [1.807, 2.05) is 41.1 Å². The number of benzene rings is 1. The molecule has 0 atom stereocenters. The fraction of sp³-hybridized carbons (Fsp3) is 0.0714. The summed E-state index contributed by atoms with van der Waals surface area (Å²) in [4.78, 5) is 0. The molecule has 0 saturated carbocycles. The van der Waals surface area contributed by atoms with Crippen LogP contribution >= 0.6 is 0 Å². The van der Waals surface area contributed by atoms with E-state index < -0.39 is 0 Å². The molecule has 0 radical (unpaired) electrons. The van der Waals surface area contributed by atoms with Gasteiger partial charge >= 0.3 is 0 Å². The number of hydrogen-bond donors (Lipinski definition) is 0. The van der Waals surface area contributed by atoms with Crippen molar-refractivity contribution in [2.45, 2.75) is 6.54 Å². The van der Waals surface area contributed by atoms with Crippen LogP contribution in [0.3, 0.4) is 0 Å². The van der Waals surface area contributed by atoms with Crippen LogP contribution in [0, 0.1) is 11.3 Å². The van der Waals surface area contributed by atoms with Gasteiger partial charge in [0.1, 0.15) is 11.8 Å². The Morgan fingerprint density at radius 1 is 1.12 bits per heavy atom. The molecule has 2 rings (SSSR count). The highest BCUT2D eigenvalue weighted by Crippen LogP contribution is 2.04. The van der Waals surface area contributed by atoms with Crippen molar-refractivity contribution in [1.29, 1.82) is 5.26 Å². The van der Waals surface area contributed by atoms with Gasteiger partial charge in [0.15, 0.2) is 0 Å². The van der Waals surface area contributed by atoms with Crippen LogP contribution < -0.4 is 0 Å². The second kappa shape index (κ2) is 4.99. The van der Waals surface area contributed by atoms with Crippen molar-refractivity contribution in [3.8, 4) is 6.07 Å². The summed E-state index contributed by atoms with van der Waals surface area (Å²) in [7, 11) is 0. The first-order chi connectivity index (χ1) is 7.90. The van der Waals surface area contributed by atoms with Gasteiger partial charge in [0.25, 0.3) is 0 Å². The Morgan fingerprint density at radius 2 is 1.94 bits per heavy atom. The van der Waals surface area contributed by atoms with Crippen molar-refractivity contribution < 1.29 is 0 Å². The molecular weight excluding hydrogens is 196 g/mol. The summed E-state index contributed by atoms with van der Waals surface area (Å²) in [5.74, 6) is 0. The second-order valence-electron chi connectivity index (χ2n) is 3.47. The lowest BCUT2D eigenvalue weighted by molar-refractivity contribution is 0.819. The van der Waals surface area contributed by atoms with E-state index in [-0.39, 0.29) is 0 Å². The van der Waals surface area contributed by atoms with Crippen LogP contribution in [0.5, 0.6) is 0 Å². The van der Waals surface area contributed by atoms with Crippen LogP contribution in [0.1, 0.15) is 11.3 Å². The van der Waals surface area contributed by atoms with Gasteiger partial charge < -0.3 is 4.57 Å². The highest BCUT2D eigenvalue weighted by atomic mass is 15.0. The first-order valence-electron chi connectivity index (χ1n) is 5.17. The maximum absolute atomic E-state index is 8.83. The van der Waals surface area contributed by atoms with E-state index in [1.165, 1.54) is 5.56 Å². The fourth-order valence-corrected chi connectivity index (χ4v) is 1.54. The molecule has 0 spiro atoms.